The zero-order valence-corrected chi connectivity index (χ0v) is 27.2. The molecule has 6 atom stereocenters. The first-order valence-electron chi connectivity index (χ1n) is 15.5. The molecule has 8 nitrogen and oxygen atoms in total. The van der Waals surface area contributed by atoms with Crippen molar-refractivity contribution < 1.29 is 28.4 Å². The summed E-state index contributed by atoms with van der Waals surface area (Å²) in [4.78, 5) is 31.5. The van der Waals surface area contributed by atoms with Gasteiger partial charge in [0.2, 0.25) is 0 Å². The predicted molar refractivity (Wildman–Crippen MR) is 166 cm³/mol. The molecule has 9 heteroatoms. The van der Waals surface area contributed by atoms with Gasteiger partial charge in [-0.3, -0.25) is 9.78 Å². The Labute approximate surface area is 256 Å². The topological polar surface area (TPSA) is 110 Å². The number of carbonyl (C=O) groups excluding carboxylic acids is 2. The molecule has 0 radical (unpaired) electrons. The normalized spacial score (nSPS) is 27.1. The fourth-order valence-electron chi connectivity index (χ4n) is 7.50. The number of hydrogen-bond donors (Lipinski definition) is 1. The van der Waals surface area contributed by atoms with Crippen LogP contribution in [0.3, 0.4) is 0 Å². The third-order valence-corrected chi connectivity index (χ3v) is 10.3. The zero-order valence-electron chi connectivity index (χ0n) is 27.2. The molecule has 0 amide bonds. The Morgan fingerprint density at radius 3 is 2.49 bits per heavy atom. The van der Waals surface area contributed by atoms with E-state index in [4.69, 9.17) is 24.5 Å². The van der Waals surface area contributed by atoms with E-state index in [1.807, 2.05) is 58.9 Å². The van der Waals surface area contributed by atoms with E-state index in [1.54, 1.807) is 13.2 Å². The molecule has 43 heavy (non-hydrogen) atoms. The Morgan fingerprint density at radius 1 is 1.14 bits per heavy atom. The summed E-state index contributed by atoms with van der Waals surface area (Å²) >= 11 is 0. The number of aryl methyl sites for hydroxylation is 2. The van der Waals surface area contributed by atoms with Gasteiger partial charge in [-0.15, -0.1) is 0 Å². The van der Waals surface area contributed by atoms with Crippen molar-refractivity contribution >= 4 is 18.9 Å². The van der Waals surface area contributed by atoms with Crippen LogP contribution in [0, 0.1) is 31.1 Å². The number of esters is 1. The Kier molecular flexibility index (Phi) is 8.33. The van der Waals surface area contributed by atoms with Crippen LogP contribution in [-0.2, 0) is 25.3 Å². The van der Waals surface area contributed by atoms with E-state index in [-0.39, 0.29) is 29.5 Å². The molecule has 0 spiro atoms. The quantitative estimate of drug-likeness (QED) is 0.281. The number of methoxy groups -OCH3 is 1. The van der Waals surface area contributed by atoms with E-state index in [1.165, 1.54) is 0 Å². The standard InChI is InChI=1S/C34H47BN2O6/c1-19-13-14-25(37-20(19)2)29(36)26(38)18-23(35-42-28-17-22-16-27(33(22,6)7)34(28,8)43-35)15-21-11-10-12-24(30(21)40-9)31(39)41-32(3,4)5/h10-14,22-23,27-29H,15-18,36H2,1-9H3/t22-,23-,27+,28?,29?,34+/m1/s1. The van der Waals surface area contributed by atoms with Crippen molar-refractivity contribution in [2.24, 2.45) is 23.0 Å². The van der Waals surface area contributed by atoms with Crippen LogP contribution in [0.2, 0.25) is 5.82 Å². The van der Waals surface area contributed by atoms with Crippen LogP contribution in [-0.4, -0.2) is 48.3 Å². The highest BCUT2D eigenvalue weighted by atomic mass is 16.7. The smallest absolute Gasteiger partial charge is 0.461 e. The lowest BCUT2D eigenvalue weighted by atomic mass is 9.43. The number of hydrogen-bond acceptors (Lipinski definition) is 8. The summed E-state index contributed by atoms with van der Waals surface area (Å²) in [6, 6.07) is 8.32. The van der Waals surface area contributed by atoms with Gasteiger partial charge in [-0.05, 0) is 101 Å². The Hall–Kier alpha value is -2.75. The second-order valence-corrected chi connectivity index (χ2v) is 14.6. The van der Waals surface area contributed by atoms with Crippen molar-refractivity contribution in [1.29, 1.82) is 0 Å². The van der Waals surface area contributed by atoms with Crippen LogP contribution in [0.5, 0.6) is 5.75 Å². The number of nitrogens with zero attached hydrogens (tertiary/aromatic N) is 1. The summed E-state index contributed by atoms with van der Waals surface area (Å²) in [5.41, 5.74) is 9.17. The fourth-order valence-corrected chi connectivity index (χ4v) is 7.50. The number of ketones is 1. The van der Waals surface area contributed by atoms with Crippen molar-refractivity contribution in [3.63, 3.8) is 0 Å². The molecule has 4 aliphatic rings. The summed E-state index contributed by atoms with van der Waals surface area (Å²) in [5.74, 6) is 0.454. The van der Waals surface area contributed by atoms with E-state index < -0.39 is 30.3 Å². The Bertz CT molecular complexity index is 1400. The summed E-state index contributed by atoms with van der Waals surface area (Å²) in [5, 5.41) is 0. The third-order valence-electron chi connectivity index (χ3n) is 10.3. The lowest BCUT2D eigenvalue weighted by molar-refractivity contribution is -0.199. The summed E-state index contributed by atoms with van der Waals surface area (Å²) < 4.78 is 25.0. The van der Waals surface area contributed by atoms with Crippen molar-refractivity contribution in [1.82, 2.24) is 4.98 Å². The van der Waals surface area contributed by atoms with E-state index in [2.05, 4.69) is 25.8 Å². The number of ether oxygens (including phenoxy) is 2. The molecule has 1 aliphatic heterocycles. The van der Waals surface area contributed by atoms with Gasteiger partial charge < -0.3 is 24.5 Å². The van der Waals surface area contributed by atoms with Crippen molar-refractivity contribution in [3.05, 3.63) is 58.4 Å². The van der Waals surface area contributed by atoms with Crippen LogP contribution in [0.4, 0.5) is 0 Å². The van der Waals surface area contributed by atoms with Gasteiger partial charge in [0.1, 0.15) is 23.0 Å². The Balaban J connectivity index is 1.45. The first-order chi connectivity index (χ1) is 20.0. The second-order valence-electron chi connectivity index (χ2n) is 14.6. The lowest BCUT2D eigenvalue weighted by Crippen LogP contribution is -2.65. The van der Waals surface area contributed by atoms with Gasteiger partial charge in [-0.1, -0.05) is 32.0 Å². The van der Waals surface area contributed by atoms with Gasteiger partial charge in [0.05, 0.1) is 24.5 Å². The maximum Gasteiger partial charge on any atom is 0.461 e. The van der Waals surface area contributed by atoms with Crippen molar-refractivity contribution in [2.75, 3.05) is 7.11 Å². The third kappa shape index (κ3) is 5.88. The zero-order chi connectivity index (χ0) is 31.5. The highest BCUT2D eigenvalue weighted by Crippen LogP contribution is 2.66. The van der Waals surface area contributed by atoms with E-state index >= 15 is 0 Å². The summed E-state index contributed by atoms with van der Waals surface area (Å²) in [6.07, 6.45) is 2.57. The maximum atomic E-state index is 13.8. The molecule has 2 N–H and O–H groups in total. The van der Waals surface area contributed by atoms with E-state index in [0.29, 0.717) is 35.3 Å². The molecule has 6 rings (SSSR count). The molecule has 2 heterocycles. The number of aromatic nitrogens is 1. The number of pyridine rings is 1. The SMILES string of the molecule is COc1c(C[C@H](CC(=O)C(N)c2ccc(C)c(C)n2)B2OC3C[C@H]4C[C@@H](C4(C)C)[C@]3(C)O2)cccc1C(=O)OC(C)(C)C. The molecule has 3 saturated carbocycles. The molecule has 1 aromatic carbocycles. The number of nitrogens with two attached hydrogens (primary N) is 1. The minimum atomic E-state index is -0.872. The van der Waals surface area contributed by atoms with Crippen LogP contribution >= 0.6 is 0 Å². The van der Waals surface area contributed by atoms with Crippen molar-refractivity contribution in [3.8, 4) is 5.75 Å². The summed E-state index contributed by atoms with van der Waals surface area (Å²) in [7, 11) is 0.936. The van der Waals surface area contributed by atoms with Crippen LogP contribution in [0.25, 0.3) is 0 Å². The molecule has 2 unspecified atom stereocenters. The van der Waals surface area contributed by atoms with Gasteiger partial charge >= 0.3 is 13.1 Å². The van der Waals surface area contributed by atoms with Crippen LogP contribution in [0.15, 0.2) is 30.3 Å². The predicted octanol–water partition coefficient (Wildman–Crippen LogP) is 5.96. The molecule has 2 bridgehead atoms. The first-order valence-corrected chi connectivity index (χ1v) is 15.5. The van der Waals surface area contributed by atoms with Gasteiger partial charge in [0.15, 0.2) is 5.78 Å². The number of para-hydroxylation sites is 1. The summed E-state index contributed by atoms with van der Waals surface area (Å²) in [6.45, 7) is 16.2. The van der Waals surface area contributed by atoms with E-state index in [0.717, 1.165) is 29.7 Å². The molecule has 4 fully saturated rings. The Morgan fingerprint density at radius 2 is 1.86 bits per heavy atom. The van der Waals surface area contributed by atoms with Gasteiger partial charge in [-0.25, -0.2) is 4.79 Å². The molecule has 1 saturated heterocycles. The average Bonchev–Trinajstić information content (AvgIpc) is 3.29. The van der Waals surface area contributed by atoms with E-state index in [9.17, 15) is 9.59 Å². The molecule has 1 aromatic heterocycles. The van der Waals surface area contributed by atoms with Crippen LogP contribution < -0.4 is 10.5 Å². The average molecular weight is 591 g/mol. The second kappa shape index (κ2) is 11.3. The molecular weight excluding hydrogens is 543 g/mol. The fraction of sp³-hybridized carbons (Fsp3) is 0.618. The van der Waals surface area contributed by atoms with Crippen LogP contribution in [0.1, 0.15) is 99.7 Å². The number of benzene rings is 1. The van der Waals surface area contributed by atoms with Crippen molar-refractivity contribution in [2.45, 2.75) is 110 Å². The molecule has 232 valence electrons. The largest absolute Gasteiger partial charge is 0.496 e. The monoisotopic (exact) mass is 590 g/mol. The number of carbonyl (C=O) groups is 2. The van der Waals surface area contributed by atoms with Gasteiger partial charge in [-0.2, -0.15) is 0 Å². The highest BCUT2D eigenvalue weighted by molar-refractivity contribution is 6.48. The van der Waals surface area contributed by atoms with Gasteiger partial charge in [0, 0.05) is 17.9 Å². The van der Waals surface area contributed by atoms with Gasteiger partial charge in [0.25, 0.3) is 0 Å². The molecule has 2 aromatic rings. The molecule has 3 aliphatic carbocycles. The minimum Gasteiger partial charge on any atom is -0.496 e. The number of rotatable bonds is 9. The number of Topliss-reactive ketones (excluding diaryl/α,β-unsaturated/α-hetero) is 1. The highest BCUT2D eigenvalue weighted by Gasteiger charge is 2.68. The minimum absolute atomic E-state index is 0.0306. The molecular formula is C34H47BN2O6. The first kappa shape index (κ1) is 31.7. The lowest BCUT2D eigenvalue weighted by Gasteiger charge is -2.64. The maximum absolute atomic E-state index is 13.8.